The van der Waals surface area contributed by atoms with E-state index in [1.807, 2.05) is 18.2 Å². The van der Waals surface area contributed by atoms with E-state index in [1.165, 1.54) is 12.7 Å². The van der Waals surface area contributed by atoms with Crippen LogP contribution in [0, 0.1) is 0 Å². The summed E-state index contributed by atoms with van der Waals surface area (Å²) in [6.45, 7) is 2.79. The molecule has 0 saturated carbocycles. The zero-order chi connectivity index (χ0) is 13.8. The molecule has 0 amide bonds. The Hall–Kier alpha value is -1.39. The van der Waals surface area contributed by atoms with Crippen LogP contribution in [0.2, 0.25) is 0 Å². The third-order valence-electron chi connectivity index (χ3n) is 3.87. The van der Waals surface area contributed by atoms with Crippen LogP contribution < -0.4 is 0 Å². The summed E-state index contributed by atoms with van der Waals surface area (Å²) in [5, 5.41) is 9.76. The largest absolute Gasteiger partial charge is 0.468 e. The zero-order valence-corrected chi connectivity index (χ0v) is 11.5. The molecule has 3 atom stereocenters. The van der Waals surface area contributed by atoms with Gasteiger partial charge in [-0.25, -0.2) is 0 Å². The Kier molecular flexibility index (Phi) is 4.56. The number of piperidine rings is 1. The van der Waals surface area contributed by atoms with Gasteiger partial charge in [0.25, 0.3) is 0 Å². The first-order valence-corrected chi connectivity index (χ1v) is 6.70. The molecule has 2 rings (SSSR count). The number of esters is 1. The Morgan fingerprint density at radius 1 is 1.42 bits per heavy atom. The molecule has 0 aromatic heterocycles. The SMILES string of the molecule is COC(=O)[C@@H]1C[C@H](O)CCN1[C@@H](C)c1ccccc1. The summed E-state index contributed by atoms with van der Waals surface area (Å²) in [5.41, 5.74) is 1.17. The molecule has 0 unspecified atom stereocenters. The molecular formula is C15H21NO3. The molecule has 0 radical (unpaired) electrons. The van der Waals surface area contributed by atoms with Gasteiger partial charge in [-0.15, -0.1) is 0 Å². The first kappa shape index (κ1) is 14.0. The predicted octanol–water partition coefficient (Wildman–Crippen LogP) is 1.75. The van der Waals surface area contributed by atoms with Gasteiger partial charge >= 0.3 is 5.97 Å². The lowest BCUT2D eigenvalue weighted by Crippen LogP contribution is -2.49. The van der Waals surface area contributed by atoms with Crippen molar-refractivity contribution in [1.29, 1.82) is 0 Å². The molecule has 1 aromatic carbocycles. The van der Waals surface area contributed by atoms with Gasteiger partial charge in [0.05, 0.1) is 13.2 Å². The van der Waals surface area contributed by atoms with Crippen molar-refractivity contribution in [2.75, 3.05) is 13.7 Å². The topological polar surface area (TPSA) is 49.8 Å². The molecule has 1 aliphatic rings. The van der Waals surface area contributed by atoms with Crippen molar-refractivity contribution in [3.05, 3.63) is 35.9 Å². The van der Waals surface area contributed by atoms with Gasteiger partial charge in [-0.2, -0.15) is 0 Å². The number of aliphatic hydroxyl groups excluding tert-OH is 1. The van der Waals surface area contributed by atoms with Crippen LogP contribution in [0.3, 0.4) is 0 Å². The Morgan fingerprint density at radius 2 is 2.11 bits per heavy atom. The van der Waals surface area contributed by atoms with Gasteiger partial charge in [0.15, 0.2) is 0 Å². The van der Waals surface area contributed by atoms with Gasteiger partial charge in [0, 0.05) is 12.6 Å². The zero-order valence-electron chi connectivity index (χ0n) is 11.5. The Balaban J connectivity index is 2.18. The molecule has 1 N–H and O–H groups in total. The van der Waals surface area contributed by atoms with E-state index < -0.39 is 6.10 Å². The molecule has 1 aliphatic heterocycles. The first-order chi connectivity index (χ1) is 9.13. The average molecular weight is 263 g/mol. The number of rotatable bonds is 3. The molecule has 1 aromatic rings. The first-order valence-electron chi connectivity index (χ1n) is 6.70. The van der Waals surface area contributed by atoms with Crippen LogP contribution in [0.5, 0.6) is 0 Å². The van der Waals surface area contributed by atoms with Crippen molar-refractivity contribution >= 4 is 5.97 Å². The fourth-order valence-corrected chi connectivity index (χ4v) is 2.72. The number of ether oxygens (including phenoxy) is 1. The van der Waals surface area contributed by atoms with Gasteiger partial charge in [0.2, 0.25) is 0 Å². The Bertz CT molecular complexity index is 421. The number of hydrogen-bond donors (Lipinski definition) is 1. The minimum Gasteiger partial charge on any atom is -0.468 e. The molecule has 0 bridgehead atoms. The van der Waals surface area contributed by atoms with Crippen molar-refractivity contribution in [2.24, 2.45) is 0 Å². The summed E-state index contributed by atoms with van der Waals surface area (Å²) in [5.74, 6) is -0.262. The molecular weight excluding hydrogens is 242 g/mol. The van der Waals surface area contributed by atoms with Crippen molar-refractivity contribution in [1.82, 2.24) is 4.90 Å². The highest BCUT2D eigenvalue weighted by molar-refractivity contribution is 5.76. The fraction of sp³-hybridized carbons (Fsp3) is 0.533. The molecule has 0 spiro atoms. The number of hydrogen-bond acceptors (Lipinski definition) is 4. The molecule has 0 aliphatic carbocycles. The minimum absolute atomic E-state index is 0.137. The van der Waals surface area contributed by atoms with Crippen LogP contribution in [0.1, 0.15) is 31.4 Å². The standard InChI is InChI=1S/C15H21NO3/c1-11(12-6-4-3-5-7-12)16-9-8-13(17)10-14(16)15(18)19-2/h3-7,11,13-14,17H,8-10H2,1-2H3/t11-,13+,14-/m0/s1. The maximum atomic E-state index is 11.9. The molecule has 1 fully saturated rings. The smallest absolute Gasteiger partial charge is 0.323 e. The van der Waals surface area contributed by atoms with E-state index in [4.69, 9.17) is 4.74 Å². The molecule has 104 valence electrons. The van der Waals surface area contributed by atoms with Crippen molar-refractivity contribution in [2.45, 2.75) is 38.0 Å². The third kappa shape index (κ3) is 3.14. The van der Waals surface area contributed by atoms with E-state index in [9.17, 15) is 9.90 Å². The van der Waals surface area contributed by atoms with Gasteiger partial charge in [-0.3, -0.25) is 9.69 Å². The van der Waals surface area contributed by atoms with E-state index in [1.54, 1.807) is 0 Å². The number of nitrogens with zero attached hydrogens (tertiary/aromatic N) is 1. The highest BCUT2D eigenvalue weighted by Gasteiger charge is 2.36. The average Bonchev–Trinajstić information content (AvgIpc) is 2.46. The highest BCUT2D eigenvalue weighted by Crippen LogP contribution is 2.28. The van der Waals surface area contributed by atoms with E-state index in [0.717, 1.165) is 0 Å². The Labute approximate surface area is 114 Å². The predicted molar refractivity (Wildman–Crippen MR) is 72.6 cm³/mol. The lowest BCUT2D eigenvalue weighted by Gasteiger charge is -2.40. The lowest BCUT2D eigenvalue weighted by molar-refractivity contribution is -0.151. The fourth-order valence-electron chi connectivity index (χ4n) is 2.72. The number of aliphatic hydroxyl groups is 1. The van der Waals surface area contributed by atoms with E-state index in [2.05, 4.69) is 24.0 Å². The van der Waals surface area contributed by atoms with E-state index >= 15 is 0 Å². The van der Waals surface area contributed by atoms with Crippen LogP contribution in [0.15, 0.2) is 30.3 Å². The number of likely N-dealkylation sites (tertiary alicyclic amines) is 1. The van der Waals surface area contributed by atoms with E-state index in [-0.39, 0.29) is 18.1 Å². The lowest BCUT2D eigenvalue weighted by atomic mass is 9.95. The number of methoxy groups -OCH3 is 1. The van der Waals surface area contributed by atoms with Gasteiger partial charge in [-0.05, 0) is 25.3 Å². The van der Waals surface area contributed by atoms with E-state index in [0.29, 0.717) is 19.4 Å². The normalized spacial score (nSPS) is 25.8. The van der Waals surface area contributed by atoms with Crippen LogP contribution in [0.25, 0.3) is 0 Å². The maximum absolute atomic E-state index is 11.9. The monoisotopic (exact) mass is 263 g/mol. The molecule has 4 nitrogen and oxygen atoms in total. The minimum atomic E-state index is -0.414. The van der Waals surface area contributed by atoms with Crippen LogP contribution in [-0.2, 0) is 9.53 Å². The summed E-state index contributed by atoms with van der Waals surface area (Å²) >= 11 is 0. The van der Waals surface area contributed by atoms with Gasteiger partial charge in [0.1, 0.15) is 6.04 Å². The summed E-state index contributed by atoms with van der Waals surface area (Å²) in [6.07, 6.45) is 0.734. The summed E-state index contributed by atoms with van der Waals surface area (Å²) in [4.78, 5) is 14.0. The summed E-state index contributed by atoms with van der Waals surface area (Å²) in [7, 11) is 1.40. The van der Waals surface area contributed by atoms with Crippen molar-refractivity contribution in [3.63, 3.8) is 0 Å². The second-order valence-electron chi connectivity index (χ2n) is 5.04. The summed E-state index contributed by atoms with van der Waals surface area (Å²) < 4.78 is 4.86. The van der Waals surface area contributed by atoms with Crippen LogP contribution in [0.4, 0.5) is 0 Å². The van der Waals surface area contributed by atoms with Crippen LogP contribution >= 0.6 is 0 Å². The molecule has 1 saturated heterocycles. The highest BCUT2D eigenvalue weighted by atomic mass is 16.5. The molecule has 4 heteroatoms. The summed E-state index contributed by atoms with van der Waals surface area (Å²) in [6, 6.07) is 9.87. The van der Waals surface area contributed by atoms with Crippen molar-refractivity contribution in [3.8, 4) is 0 Å². The van der Waals surface area contributed by atoms with Gasteiger partial charge < -0.3 is 9.84 Å². The number of benzene rings is 1. The third-order valence-corrected chi connectivity index (χ3v) is 3.87. The van der Waals surface area contributed by atoms with Crippen molar-refractivity contribution < 1.29 is 14.6 Å². The maximum Gasteiger partial charge on any atom is 0.323 e. The second-order valence-corrected chi connectivity index (χ2v) is 5.04. The number of carbonyl (C=O) groups is 1. The second kappa shape index (κ2) is 6.17. The van der Waals surface area contributed by atoms with Gasteiger partial charge in [-0.1, -0.05) is 30.3 Å². The van der Waals surface area contributed by atoms with Crippen LogP contribution in [-0.4, -0.2) is 41.8 Å². The number of carbonyl (C=O) groups excluding carboxylic acids is 1. The molecule has 19 heavy (non-hydrogen) atoms. The Morgan fingerprint density at radius 3 is 2.74 bits per heavy atom. The quantitative estimate of drug-likeness (QED) is 0.844. The molecule has 1 heterocycles.